The summed E-state index contributed by atoms with van der Waals surface area (Å²) in [5.41, 5.74) is 2.11. The number of carbonyl (C=O) groups excluding carboxylic acids is 1. The summed E-state index contributed by atoms with van der Waals surface area (Å²) in [6, 6.07) is 17.8. The molecule has 0 aliphatic rings. The first-order valence-corrected chi connectivity index (χ1v) is 9.94. The number of hydrogen-bond acceptors (Lipinski definition) is 4. The van der Waals surface area contributed by atoms with Crippen molar-refractivity contribution in [2.45, 2.75) is 6.61 Å². The fraction of sp³-hybridized carbons (Fsp3) is 0.150. The van der Waals surface area contributed by atoms with Gasteiger partial charge in [-0.05, 0) is 41.8 Å². The van der Waals surface area contributed by atoms with Gasteiger partial charge in [-0.15, -0.1) is 23.5 Å². The highest BCUT2D eigenvalue weighted by Gasteiger charge is 1.98. The van der Waals surface area contributed by atoms with Crippen LogP contribution >= 0.6 is 23.5 Å². The second-order valence-electron chi connectivity index (χ2n) is 4.95. The van der Waals surface area contributed by atoms with Crippen molar-refractivity contribution >= 4 is 35.4 Å². The van der Waals surface area contributed by atoms with Crippen molar-refractivity contribution < 1.29 is 9.53 Å². The summed E-state index contributed by atoms with van der Waals surface area (Å²) in [5, 5.41) is 0. The van der Waals surface area contributed by atoms with Gasteiger partial charge in [-0.25, -0.2) is 0 Å². The SMILES string of the molecule is CSC(=CC(=O)/C=C/c1ccc(OCc2ccccc2)cc1)SC. The van der Waals surface area contributed by atoms with Crippen LogP contribution in [0.4, 0.5) is 0 Å². The Kier molecular flexibility index (Phi) is 7.72. The summed E-state index contributed by atoms with van der Waals surface area (Å²) >= 11 is 3.16. The van der Waals surface area contributed by atoms with Gasteiger partial charge in [0.2, 0.25) is 0 Å². The van der Waals surface area contributed by atoms with E-state index in [4.69, 9.17) is 4.74 Å². The molecule has 2 aromatic rings. The molecular weight excluding hydrogens is 336 g/mol. The lowest BCUT2D eigenvalue weighted by atomic mass is 10.2. The molecule has 2 rings (SSSR count). The van der Waals surface area contributed by atoms with Gasteiger partial charge in [0.05, 0.1) is 0 Å². The van der Waals surface area contributed by atoms with Crippen molar-refractivity contribution in [3.8, 4) is 5.75 Å². The predicted molar refractivity (Wildman–Crippen MR) is 106 cm³/mol. The molecule has 0 radical (unpaired) electrons. The zero-order valence-corrected chi connectivity index (χ0v) is 15.4. The molecule has 0 fully saturated rings. The molecule has 0 aliphatic heterocycles. The van der Waals surface area contributed by atoms with E-state index in [9.17, 15) is 4.79 Å². The van der Waals surface area contributed by atoms with Crippen LogP contribution < -0.4 is 4.74 Å². The molecule has 124 valence electrons. The van der Waals surface area contributed by atoms with Crippen LogP contribution in [0.2, 0.25) is 0 Å². The topological polar surface area (TPSA) is 26.3 Å². The minimum atomic E-state index is -0.00176. The lowest BCUT2D eigenvalue weighted by Gasteiger charge is -2.06. The lowest BCUT2D eigenvalue weighted by molar-refractivity contribution is -0.110. The third-order valence-electron chi connectivity index (χ3n) is 3.23. The van der Waals surface area contributed by atoms with Crippen LogP contribution in [0, 0.1) is 0 Å². The first-order chi connectivity index (χ1) is 11.7. The van der Waals surface area contributed by atoms with Crippen molar-refractivity contribution in [1.82, 2.24) is 0 Å². The third-order valence-corrected chi connectivity index (χ3v) is 5.27. The zero-order chi connectivity index (χ0) is 17.2. The Balaban J connectivity index is 1.91. The molecule has 0 atom stereocenters. The number of thioether (sulfide) groups is 2. The summed E-state index contributed by atoms with van der Waals surface area (Å²) in [5.74, 6) is 0.812. The molecule has 2 aromatic carbocycles. The van der Waals surface area contributed by atoms with Crippen LogP contribution in [0.1, 0.15) is 11.1 Å². The van der Waals surface area contributed by atoms with E-state index in [-0.39, 0.29) is 5.78 Å². The molecule has 0 N–H and O–H groups in total. The molecule has 0 saturated heterocycles. The Morgan fingerprint density at radius 1 is 1.00 bits per heavy atom. The fourth-order valence-electron chi connectivity index (χ4n) is 1.96. The smallest absolute Gasteiger partial charge is 0.180 e. The first kappa shape index (κ1) is 18.4. The largest absolute Gasteiger partial charge is 0.489 e. The van der Waals surface area contributed by atoms with E-state index in [0.29, 0.717) is 6.61 Å². The zero-order valence-electron chi connectivity index (χ0n) is 13.8. The van der Waals surface area contributed by atoms with E-state index in [1.165, 1.54) is 0 Å². The average Bonchev–Trinajstić information content (AvgIpc) is 2.64. The van der Waals surface area contributed by atoms with Crippen molar-refractivity contribution in [2.75, 3.05) is 12.5 Å². The van der Waals surface area contributed by atoms with Crippen LogP contribution in [0.15, 0.2) is 71.0 Å². The van der Waals surface area contributed by atoms with Gasteiger partial charge in [0.1, 0.15) is 12.4 Å². The molecule has 0 heterocycles. The van der Waals surface area contributed by atoms with Gasteiger partial charge >= 0.3 is 0 Å². The molecule has 0 saturated carbocycles. The standard InChI is InChI=1S/C20H20O2S2/c1-23-20(24-2)14-18(21)11-8-16-9-12-19(13-10-16)22-15-17-6-4-3-5-7-17/h3-14H,15H2,1-2H3/b11-8+. The highest BCUT2D eigenvalue weighted by molar-refractivity contribution is 8.21. The highest BCUT2D eigenvalue weighted by atomic mass is 32.2. The van der Waals surface area contributed by atoms with E-state index in [1.54, 1.807) is 35.7 Å². The molecule has 24 heavy (non-hydrogen) atoms. The Bertz CT molecular complexity index is 698. The lowest BCUT2D eigenvalue weighted by Crippen LogP contribution is -1.94. The Hall–Kier alpha value is -1.91. The van der Waals surface area contributed by atoms with Gasteiger partial charge in [0, 0.05) is 10.3 Å². The van der Waals surface area contributed by atoms with Gasteiger partial charge in [-0.3, -0.25) is 4.79 Å². The number of ether oxygens (including phenoxy) is 1. The number of allylic oxidation sites excluding steroid dienone is 2. The summed E-state index contributed by atoms with van der Waals surface area (Å²) < 4.78 is 6.76. The van der Waals surface area contributed by atoms with Crippen LogP contribution in [0.25, 0.3) is 6.08 Å². The van der Waals surface area contributed by atoms with Crippen molar-refractivity contribution in [1.29, 1.82) is 0 Å². The quantitative estimate of drug-likeness (QED) is 0.590. The number of ketones is 1. The van der Waals surface area contributed by atoms with Crippen LogP contribution in [0.3, 0.4) is 0 Å². The van der Waals surface area contributed by atoms with Gasteiger partial charge in [0.25, 0.3) is 0 Å². The summed E-state index contributed by atoms with van der Waals surface area (Å²) in [4.78, 5) is 11.9. The van der Waals surface area contributed by atoms with Gasteiger partial charge in [-0.1, -0.05) is 48.5 Å². The maximum atomic E-state index is 11.9. The van der Waals surface area contributed by atoms with Gasteiger partial charge in [-0.2, -0.15) is 0 Å². The molecule has 2 nitrogen and oxygen atoms in total. The summed E-state index contributed by atoms with van der Waals surface area (Å²) in [6.45, 7) is 0.547. The molecule has 0 unspecified atom stereocenters. The predicted octanol–water partition coefficient (Wildman–Crippen LogP) is 5.42. The average molecular weight is 357 g/mol. The summed E-state index contributed by atoms with van der Waals surface area (Å²) in [7, 11) is 0. The molecule has 0 aromatic heterocycles. The second kappa shape index (κ2) is 10.1. The Labute approximate surface area is 152 Å². The number of benzene rings is 2. The van der Waals surface area contributed by atoms with Gasteiger partial charge < -0.3 is 4.74 Å². The fourth-order valence-corrected chi connectivity index (χ4v) is 3.09. The van der Waals surface area contributed by atoms with Crippen molar-refractivity contribution in [3.05, 3.63) is 82.1 Å². The third kappa shape index (κ3) is 6.30. The minimum absolute atomic E-state index is 0.00176. The Morgan fingerprint density at radius 3 is 2.29 bits per heavy atom. The van der Waals surface area contributed by atoms with E-state index in [0.717, 1.165) is 21.1 Å². The maximum Gasteiger partial charge on any atom is 0.180 e. The molecule has 0 spiro atoms. The number of hydrogen-bond donors (Lipinski definition) is 0. The molecule has 0 bridgehead atoms. The first-order valence-electron chi connectivity index (χ1n) is 7.50. The highest BCUT2D eigenvalue weighted by Crippen LogP contribution is 2.23. The van der Waals surface area contributed by atoms with Gasteiger partial charge in [0.15, 0.2) is 5.78 Å². The van der Waals surface area contributed by atoms with Crippen molar-refractivity contribution in [3.63, 3.8) is 0 Å². The van der Waals surface area contributed by atoms with Crippen LogP contribution in [0.5, 0.6) is 5.75 Å². The molecule has 4 heteroatoms. The number of rotatable bonds is 8. The second-order valence-corrected chi connectivity index (χ2v) is 6.91. The summed E-state index contributed by atoms with van der Waals surface area (Å²) in [6.07, 6.45) is 8.99. The maximum absolute atomic E-state index is 11.9. The minimum Gasteiger partial charge on any atom is -0.489 e. The van der Waals surface area contributed by atoms with Crippen molar-refractivity contribution in [2.24, 2.45) is 0 Å². The molecule has 0 aliphatic carbocycles. The van der Waals surface area contributed by atoms with Crippen LogP contribution in [-0.2, 0) is 11.4 Å². The van der Waals surface area contributed by atoms with E-state index >= 15 is 0 Å². The normalized spacial score (nSPS) is 10.6. The molecular formula is C20H20O2S2. The Morgan fingerprint density at radius 2 is 1.67 bits per heavy atom. The van der Waals surface area contributed by atoms with E-state index < -0.39 is 0 Å². The van der Waals surface area contributed by atoms with Crippen LogP contribution in [-0.4, -0.2) is 18.3 Å². The molecule has 0 amide bonds. The monoisotopic (exact) mass is 356 g/mol. The van der Waals surface area contributed by atoms with E-state index in [1.807, 2.05) is 73.2 Å². The van der Waals surface area contributed by atoms with E-state index in [2.05, 4.69) is 0 Å². The number of carbonyl (C=O) groups is 1.